The van der Waals surface area contributed by atoms with Gasteiger partial charge in [-0.3, -0.25) is 0 Å². The van der Waals surface area contributed by atoms with Crippen molar-refractivity contribution in [3.8, 4) is 0 Å². The van der Waals surface area contributed by atoms with E-state index in [9.17, 15) is 0 Å². The highest BCUT2D eigenvalue weighted by atomic mass is 16.7. The number of hydrogen-bond acceptors (Lipinski definition) is 6. The summed E-state index contributed by atoms with van der Waals surface area (Å²) in [6.45, 7) is 11.4. The largest absolute Gasteiger partial charge is 0.377 e. The minimum Gasteiger partial charge on any atom is -0.377 e. The molecule has 22 heavy (non-hydrogen) atoms. The molecule has 0 saturated heterocycles. The van der Waals surface area contributed by atoms with Crippen LogP contribution in [-0.2, 0) is 28.4 Å². The van der Waals surface area contributed by atoms with E-state index in [2.05, 4.69) is 27.7 Å². The van der Waals surface area contributed by atoms with Crippen molar-refractivity contribution < 1.29 is 28.4 Å². The van der Waals surface area contributed by atoms with Gasteiger partial charge in [-0.05, 0) is 0 Å². The molecule has 134 valence electrons. The molecule has 0 N–H and O–H groups in total. The van der Waals surface area contributed by atoms with Gasteiger partial charge in [-0.2, -0.15) is 0 Å². The van der Waals surface area contributed by atoms with Crippen LogP contribution in [0.1, 0.15) is 27.7 Å². The lowest BCUT2D eigenvalue weighted by atomic mass is 10.2. The first-order valence-electron chi connectivity index (χ1n) is 7.97. The topological polar surface area (TPSA) is 55.4 Å². The summed E-state index contributed by atoms with van der Waals surface area (Å²) in [6, 6.07) is 0. The quantitative estimate of drug-likeness (QED) is 0.341. The molecular formula is C16H34O6. The summed E-state index contributed by atoms with van der Waals surface area (Å²) in [7, 11) is 3.30. The van der Waals surface area contributed by atoms with Crippen LogP contribution >= 0.6 is 0 Å². The molecule has 0 aliphatic carbocycles. The van der Waals surface area contributed by atoms with Gasteiger partial charge in [-0.1, -0.05) is 27.7 Å². The van der Waals surface area contributed by atoms with Gasteiger partial charge < -0.3 is 28.4 Å². The molecule has 6 heteroatoms. The minimum absolute atomic E-state index is 0.174. The van der Waals surface area contributed by atoms with Crippen LogP contribution in [0.25, 0.3) is 0 Å². The van der Waals surface area contributed by atoms with E-state index in [-0.39, 0.29) is 12.6 Å². The van der Waals surface area contributed by atoms with E-state index < -0.39 is 0 Å². The Balaban J connectivity index is 3.34. The Morgan fingerprint density at radius 1 is 0.545 bits per heavy atom. The maximum atomic E-state index is 5.54. The van der Waals surface area contributed by atoms with E-state index in [0.717, 1.165) is 0 Å². The average Bonchev–Trinajstić information content (AvgIpc) is 2.47. The standard InChI is InChI=1S/C16H34O6/c1-13(2)15(17-5)21-11-9-19-7-8-20-10-12-22-16(18-6)14(3)4/h13-16H,7-12H2,1-6H3. The van der Waals surface area contributed by atoms with Crippen molar-refractivity contribution >= 4 is 0 Å². The van der Waals surface area contributed by atoms with Crippen molar-refractivity contribution in [3.63, 3.8) is 0 Å². The van der Waals surface area contributed by atoms with Crippen molar-refractivity contribution in [2.24, 2.45) is 11.8 Å². The van der Waals surface area contributed by atoms with Crippen LogP contribution in [0.15, 0.2) is 0 Å². The second-order valence-corrected chi connectivity index (χ2v) is 5.66. The van der Waals surface area contributed by atoms with Gasteiger partial charge in [0.1, 0.15) is 0 Å². The molecule has 0 aromatic carbocycles. The van der Waals surface area contributed by atoms with E-state index in [1.807, 2.05) is 0 Å². The van der Waals surface area contributed by atoms with Crippen LogP contribution in [-0.4, -0.2) is 66.4 Å². The Morgan fingerprint density at radius 2 is 0.864 bits per heavy atom. The fourth-order valence-electron chi connectivity index (χ4n) is 1.83. The van der Waals surface area contributed by atoms with Gasteiger partial charge in [-0.25, -0.2) is 0 Å². The first-order valence-corrected chi connectivity index (χ1v) is 7.97. The van der Waals surface area contributed by atoms with Gasteiger partial charge in [0.25, 0.3) is 0 Å². The van der Waals surface area contributed by atoms with Crippen molar-refractivity contribution in [3.05, 3.63) is 0 Å². The Morgan fingerprint density at radius 3 is 1.14 bits per heavy atom. The lowest BCUT2D eigenvalue weighted by Crippen LogP contribution is -2.24. The molecule has 6 nitrogen and oxygen atoms in total. The summed E-state index contributed by atoms with van der Waals surface area (Å²) in [5.41, 5.74) is 0. The molecule has 0 saturated carbocycles. The zero-order chi connectivity index (χ0) is 16.8. The Hall–Kier alpha value is -0.240. The zero-order valence-electron chi connectivity index (χ0n) is 15.0. The molecule has 0 radical (unpaired) electrons. The lowest BCUT2D eigenvalue weighted by Gasteiger charge is -2.20. The summed E-state index contributed by atoms with van der Waals surface area (Å²) in [5.74, 6) is 0.658. The number of ether oxygens (including phenoxy) is 6. The van der Waals surface area contributed by atoms with Crippen molar-refractivity contribution in [2.45, 2.75) is 40.3 Å². The maximum Gasteiger partial charge on any atom is 0.159 e. The Kier molecular flexibility index (Phi) is 14.2. The Labute approximate surface area is 135 Å². The molecule has 0 spiro atoms. The normalized spacial score (nSPS) is 14.7. The minimum atomic E-state index is -0.174. The molecular weight excluding hydrogens is 288 g/mol. The second kappa shape index (κ2) is 14.4. The smallest absolute Gasteiger partial charge is 0.159 e. The fourth-order valence-corrected chi connectivity index (χ4v) is 1.83. The highest BCUT2D eigenvalue weighted by Crippen LogP contribution is 2.07. The summed E-state index contributed by atoms with van der Waals surface area (Å²) >= 11 is 0. The van der Waals surface area contributed by atoms with Gasteiger partial charge in [-0.15, -0.1) is 0 Å². The molecule has 0 aromatic heterocycles. The third kappa shape index (κ3) is 11.3. The molecule has 2 unspecified atom stereocenters. The van der Waals surface area contributed by atoms with E-state index in [1.165, 1.54) is 0 Å². The van der Waals surface area contributed by atoms with Crippen LogP contribution in [0.3, 0.4) is 0 Å². The van der Waals surface area contributed by atoms with Crippen molar-refractivity contribution in [2.75, 3.05) is 53.9 Å². The molecule has 0 rings (SSSR count). The van der Waals surface area contributed by atoms with Crippen LogP contribution in [0.2, 0.25) is 0 Å². The second-order valence-electron chi connectivity index (χ2n) is 5.66. The van der Waals surface area contributed by atoms with Gasteiger partial charge in [0.2, 0.25) is 0 Å². The third-order valence-corrected chi connectivity index (χ3v) is 2.94. The first-order chi connectivity index (χ1) is 10.5. The van der Waals surface area contributed by atoms with Crippen LogP contribution < -0.4 is 0 Å². The number of methoxy groups -OCH3 is 2. The fraction of sp³-hybridized carbons (Fsp3) is 1.00. The number of hydrogen-bond donors (Lipinski definition) is 0. The maximum absolute atomic E-state index is 5.54. The van der Waals surface area contributed by atoms with Gasteiger partial charge in [0.15, 0.2) is 12.6 Å². The summed E-state index contributed by atoms with van der Waals surface area (Å²) in [5, 5.41) is 0. The predicted octanol–water partition coefficient (Wildman–Crippen LogP) is 2.31. The van der Waals surface area contributed by atoms with Crippen LogP contribution in [0, 0.1) is 11.8 Å². The molecule has 0 aliphatic rings. The van der Waals surface area contributed by atoms with Gasteiger partial charge in [0.05, 0.1) is 39.6 Å². The van der Waals surface area contributed by atoms with E-state index >= 15 is 0 Å². The van der Waals surface area contributed by atoms with E-state index in [0.29, 0.717) is 51.5 Å². The SMILES string of the molecule is COC(OCCOCCOCCOC(OC)C(C)C)C(C)C. The zero-order valence-corrected chi connectivity index (χ0v) is 15.0. The highest BCUT2D eigenvalue weighted by molar-refractivity contribution is 4.50. The molecule has 0 aliphatic heterocycles. The van der Waals surface area contributed by atoms with Gasteiger partial charge >= 0.3 is 0 Å². The summed E-state index contributed by atoms with van der Waals surface area (Å²) in [6.07, 6.45) is -0.349. The van der Waals surface area contributed by atoms with Gasteiger partial charge in [0, 0.05) is 26.1 Å². The molecule has 2 atom stereocenters. The van der Waals surface area contributed by atoms with Crippen molar-refractivity contribution in [1.29, 1.82) is 0 Å². The Bertz CT molecular complexity index is 211. The molecule has 0 heterocycles. The van der Waals surface area contributed by atoms with Crippen LogP contribution in [0.4, 0.5) is 0 Å². The van der Waals surface area contributed by atoms with Crippen LogP contribution in [0.5, 0.6) is 0 Å². The summed E-state index contributed by atoms with van der Waals surface area (Å²) < 4.78 is 32.3. The lowest BCUT2D eigenvalue weighted by molar-refractivity contribution is -0.161. The third-order valence-electron chi connectivity index (χ3n) is 2.94. The highest BCUT2D eigenvalue weighted by Gasteiger charge is 2.12. The van der Waals surface area contributed by atoms with E-state index in [4.69, 9.17) is 28.4 Å². The van der Waals surface area contributed by atoms with E-state index in [1.54, 1.807) is 14.2 Å². The molecule has 0 bridgehead atoms. The summed E-state index contributed by atoms with van der Waals surface area (Å²) in [4.78, 5) is 0. The molecule has 0 amide bonds. The van der Waals surface area contributed by atoms with Crippen molar-refractivity contribution in [1.82, 2.24) is 0 Å². The molecule has 0 fully saturated rings. The predicted molar refractivity (Wildman–Crippen MR) is 84.8 cm³/mol. The number of rotatable bonds is 15. The average molecular weight is 322 g/mol. The molecule has 0 aromatic rings. The monoisotopic (exact) mass is 322 g/mol. The first kappa shape index (κ1) is 21.8.